The van der Waals surface area contributed by atoms with Gasteiger partial charge in [-0.3, -0.25) is 9.59 Å². The topological polar surface area (TPSA) is 193 Å². The van der Waals surface area contributed by atoms with E-state index in [4.69, 9.17) is 5.26 Å². The molecule has 0 bridgehead atoms. The number of para-hydroxylation sites is 1. The zero-order valence-corrected chi connectivity index (χ0v) is 29.3. The number of anilines is 5. The summed E-state index contributed by atoms with van der Waals surface area (Å²) in [5, 5.41) is 39.6. The molecule has 0 saturated carbocycles. The molecule has 0 radical (unpaired) electrons. The fraction of sp³-hybridized carbons (Fsp3) is 0.194. The van der Waals surface area contributed by atoms with Crippen LogP contribution in [-0.4, -0.2) is 43.0 Å². The third kappa shape index (κ3) is 9.92. The van der Waals surface area contributed by atoms with E-state index in [1.165, 1.54) is 6.92 Å². The first-order valence-electron chi connectivity index (χ1n) is 15.7. The monoisotopic (exact) mass is 708 g/mol. The number of azo groups is 1. The van der Waals surface area contributed by atoms with Gasteiger partial charge >= 0.3 is 6.01 Å². The molecule has 5 rings (SSSR count). The second-order valence-corrected chi connectivity index (χ2v) is 12.5. The minimum Gasteiger partial charge on any atom is -0.479 e. The van der Waals surface area contributed by atoms with Crippen LogP contribution in [0.3, 0.4) is 0 Å². The number of ketones is 1. The normalized spacial score (nSPS) is 11.7. The van der Waals surface area contributed by atoms with E-state index in [1.807, 2.05) is 45.9 Å². The van der Waals surface area contributed by atoms with Gasteiger partial charge in [0.25, 0.3) is 5.91 Å². The summed E-state index contributed by atoms with van der Waals surface area (Å²) in [6, 6.07) is 22.3. The van der Waals surface area contributed by atoms with Crippen molar-refractivity contribution < 1.29 is 29.3 Å². The van der Waals surface area contributed by atoms with E-state index in [9.17, 15) is 14.7 Å². The molecule has 0 aliphatic carbocycles. The van der Waals surface area contributed by atoms with Crippen molar-refractivity contribution >= 4 is 58.4 Å². The number of carbonyl (C=O) groups excluding carboxylic acids is 2. The van der Waals surface area contributed by atoms with Crippen molar-refractivity contribution in [1.29, 1.82) is 0 Å². The molecule has 5 aromatic rings. The Hall–Kier alpha value is -5.74. The largest absolute Gasteiger partial charge is 0.479 e. The second kappa shape index (κ2) is 16.8. The first-order valence-corrected chi connectivity index (χ1v) is 16.4. The van der Waals surface area contributed by atoms with Crippen LogP contribution in [0.25, 0.3) is 0 Å². The molecular formula is C36H36N8O6S. The SMILES string of the molecule is CC(=O)C(N=Nc1c(C)cc(Cc2cc(C)c(Nc3nc(O)nc(Nc4ccc(SOOO)cc4)n3)c(C)c2)cc1C)C(=O)Nc1ccccc1. The molecule has 14 nitrogen and oxygen atoms in total. The summed E-state index contributed by atoms with van der Waals surface area (Å²) in [6.07, 6.45) is 0.647. The van der Waals surface area contributed by atoms with Gasteiger partial charge in [0.1, 0.15) is 0 Å². The van der Waals surface area contributed by atoms with E-state index in [-0.39, 0.29) is 11.9 Å². The first-order chi connectivity index (χ1) is 24.5. The van der Waals surface area contributed by atoms with E-state index in [0.717, 1.165) is 51.1 Å². The average molecular weight is 709 g/mol. The van der Waals surface area contributed by atoms with Crippen LogP contribution >= 0.6 is 12.0 Å². The molecule has 262 valence electrons. The molecule has 1 atom stereocenters. The maximum atomic E-state index is 12.8. The van der Waals surface area contributed by atoms with Gasteiger partial charge in [0.15, 0.2) is 5.78 Å². The lowest BCUT2D eigenvalue weighted by Gasteiger charge is -2.15. The van der Waals surface area contributed by atoms with Crippen molar-refractivity contribution in [1.82, 2.24) is 15.0 Å². The van der Waals surface area contributed by atoms with Gasteiger partial charge < -0.3 is 21.1 Å². The molecule has 0 fully saturated rings. The Bertz CT molecular complexity index is 2020. The summed E-state index contributed by atoms with van der Waals surface area (Å²) in [4.78, 5) is 38.2. The first kappa shape index (κ1) is 36.5. The van der Waals surface area contributed by atoms with E-state index in [2.05, 4.69) is 62.6 Å². The number of carbonyl (C=O) groups is 2. The highest BCUT2D eigenvalue weighted by molar-refractivity contribution is 7.94. The third-order valence-electron chi connectivity index (χ3n) is 7.63. The molecule has 15 heteroatoms. The fourth-order valence-corrected chi connectivity index (χ4v) is 5.78. The Morgan fingerprint density at radius 3 is 1.98 bits per heavy atom. The maximum absolute atomic E-state index is 12.8. The summed E-state index contributed by atoms with van der Waals surface area (Å²) in [6.45, 7) is 9.12. The minimum absolute atomic E-state index is 0.133. The molecule has 1 aromatic heterocycles. The van der Waals surface area contributed by atoms with Gasteiger partial charge in [0.05, 0.1) is 17.7 Å². The van der Waals surface area contributed by atoms with Gasteiger partial charge in [-0.25, -0.2) is 5.26 Å². The van der Waals surface area contributed by atoms with Crippen molar-refractivity contribution in [2.24, 2.45) is 10.2 Å². The number of nitrogens with zero attached hydrogens (tertiary/aromatic N) is 5. The molecule has 1 amide bonds. The quantitative estimate of drug-likeness (QED) is 0.0246. The van der Waals surface area contributed by atoms with E-state index < -0.39 is 23.7 Å². The van der Waals surface area contributed by atoms with Crippen LogP contribution in [0.1, 0.15) is 40.3 Å². The van der Waals surface area contributed by atoms with E-state index >= 15 is 0 Å². The number of aromatic hydroxyl groups is 1. The predicted octanol–water partition coefficient (Wildman–Crippen LogP) is 8.00. The second-order valence-electron chi connectivity index (χ2n) is 11.7. The van der Waals surface area contributed by atoms with Gasteiger partial charge in [0.2, 0.25) is 17.9 Å². The van der Waals surface area contributed by atoms with Crippen LogP contribution < -0.4 is 16.0 Å². The number of amides is 1. The number of hydrogen-bond donors (Lipinski definition) is 5. The molecule has 1 heterocycles. The average Bonchev–Trinajstić information content (AvgIpc) is 3.07. The van der Waals surface area contributed by atoms with Crippen molar-refractivity contribution in [3.63, 3.8) is 0 Å². The van der Waals surface area contributed by atoms with Crippen LogP contribution in [0.15, 0.2) is 94.0 Å². The maximum Gasteiger partial charge on any atom is 0.320 e. The molecule has 5 N–H and O–H groups in total. The van der Waals surface area contributed by atoms with Crippen molar-refractivity contribution in [3.8, 4) is 6.01 Å². The summed E-state index contributed by atoms with van der Waals surface area (Å²) in [7, 11) is 0. The molecule has 0 aliphatic rings. The van der Waals surface area contributed by atoms with E-state index in [1.54, 1.807) is 48.5 Å². The van der Waals surface area contributed by atoms with Crippen LogP contribution in [0.2, 0.25) is 0 Å². The molecular weight excluding hydrogens is 673 g/mol. The minimum atomic E-state index is -1.27. The summed E-state index contributed by atoms with van der Waals surface area (Å²) in [5.41, 5.74) is 8.39. The zero-order valence-electron chi connectivity index (χ0n) is 28.5. The lowest BCUT2D eigenvalue weighted by molar-refractivity contribution is -0.432. The van der Waals surface area contributed by atoms with Gasteiger partial charge in [-0.2, -0.15) is 25.2 Å². The third-order valence-corrected chi connectivity index (χ3v) is 8.22. The molecule has 1 unspecified atom stereocenters. The van der Waals surface area contributed by atoms with Crippen molar-refractivity contribution in [2.45, 2.75) is 52.0 Å². The standard InChI is InChI=1S/C36H36N8O6S/c1-20-15-25(16-21(2)30(20)39-35-40-34(41-36(47)42-35)38-28-11-13-29(14-12-28)51-50-49-48)19-26-17-22(3)31(23(4)18-26)43-44-32(24(5)45)33(46)37-27-9-7-6-8-10-27/h6-18,32,48H,19H2,1-5H3,(H,37,46)(H3,38,39,40,41,42,47). The lowest BCUT2D eigenvalue weighted by atomic mass is 9.96. The fourth-order valence-electron chi connectivity index (χ4n) is 5.43. The smallest absolute Gasteiger partial charge is 0.320 e. The molecule has 51 heavy (non-hydrogen) atoms. The number of aryl methyl sites for hydroxylation is 4. The summed E-state index contributed by atoms with van der Waals surface area (Å²) < 4.78 is 4.43. The van der Waals surface area contributed by atoms with Crippen molar-refractivity contribution in [3.05, 3.63) is 112 Å². The summed E-state index contributed by atoms with van der Waals surface area (Å²) in [5.74, 6) is -0.656. The lowest BCUT2D eigenvalue weighted by Crippen LogP contribution is -2.31. The number of aromatic nitrogens is 3. The number of Topliss-reactive ketones (excluding diaryl/α,β-unsaturated/α-hetero) is 1. The Morgan fingerprint density at radius 1 is 0.804 bits per heavy atom. The zero-order chi connectivity index (χ0) is 36.5. The molecule has 4 aromatic carbocycles. The van der Waals surface area contributed by atoms with Gasteiger partial charge in [0, 0.05) is 22.0 Å². The predicted molar refractivity (Wildman–Crippen MR) is 194 cm³/mol. The Kier molecular flexibility index (Phi) is 12.0. The Balaban J connectivity index is 1.27. The highest BCUT2D eigenvalue weighted by Crippen LogP contribution is 2.30. The Morgan fingerprint density at radius 2 is 1.39 bits per heavy atom. The Labute approximate surface area is 298 Å². The highest BCUT2D eigenvalue weighted by Gasteiger charge is 2.23. The number of rotatable bonds is 14. The van der Waals surface area contributed by atoms with Crippen LogP contribution in [-0.2, 0) is 25.4 Å². The number of hydrogen-bond acceptors (Lipinski definition) is 14. The van der Waals surface area contributed by atoms with Gasteiger partial charge in [-0.1, -0.05) is 47.5 Å². The number of benzene rings is 4. The molecule has 0 saturated heterocycles. The highest BCUT2D eigenvalue weighted by atomic mass is 32.2. The van der Waals surface area contributed by atoms with Crippen molar-refractivity contribution in [2.75, 3.05) is 16.0 Å². The van der Waals surface area contributed by atoms with Crippen LogP contribution in [0, 0.1) is 27.7 Å². The molecule has 0 spiro atoms. The van der Waals surface area contributed by atoms with Gasteiger partial charge in [-0.15, -0.1) is 4.33 Å². The van der Waals surface area contributed by atoms with Crippen LogP contribution in [0.5, 0.6) is 6.01 Å². The van der Waals surface area contributed by atoms with Crippen LogP contribution in [0.4, 0.5) is 34.6 Å². The van der Waals surface area contributed by atoms with E-state index in [0.29, 0.717) is 28.4 Å². The summed E-state index contributed by atoms with van der Waals surface area (Å²) >= 11 is 0.832. The number of nitrogens with one attached hydrogen (secondary N) is 3. The van der Waals surface area contributed by atoms with Gasteiger partial charge in [-0.05, 0) is 111 Å². The molecule has 0 aliphatic heterocycles.